The van der Waals surface area contributed by atoms with Crippen LogP contribution < -0.4 is 10.5 Å². The van der Waals surface area contributed by atoms with Crippen LogP contribution in [0.3, 0.4) is 0 Å². The number of hydrogen-bond acceptors (Lipinski definition) is 3. The Morgan fingerprint density at radius 3 is 2.67 bits per heavy atom. The lowest BCUT2D eigenvalue weighted by Crippen LogP contribution is -2.16. The molecule has 0 aliphatic carbocycles. The van der Waals surface area contributed by atoms with Crippen LogP contribution in [-0.2, 0) is 6.61 Å². The molecule has 1 heterocycles. The second-order valence-electron chi connectivity index (χ2n) is 4.03. The Kier molecular flexibility index (Phi) is 3.57. The van der Waals surface area contributed by atoms with E-state index in [1.807, 2.05) is 37.3 Å². The zero-order valence-electron chi connectivity index (χ0n) is 10.2. The summed E-state index contributed by atoms with van der Waals surface area (Å²) in [5.74, 6) is 0.747. The van der Waals surface area contributed by atoms with Gasteiger partial charge < -0.3 is 10.5 Å². The lowest BCUT2D eigenvalue weighted by atomic mass is 10.2. The molecule has 0 aliphatic rings. The molecule has 0 atom stereocenters. The molecule has 4 heteroatoms. The van der Waals surface area contributed by atoms with Gasteiger partial charge in [-0.15, -0.1) is 0 Å². The lowest BCUT2D eigenvalue weighted by molar-refractivity contribution is 0.305. The molecule has 2 rings (SSSR count). The predicted molar refractivity (Wildman–Crippen MR) is 70.8 cm³/mol. The largest absolute Gasteiger partial charge is 0.489 e. The van der Waals surface area contributed by atoms with Gasteiger partial charge in [0, 0.05) is 11.8 Å². The minimum Gasteiger partial charge on any atom is -0.489 e. The molecule has 0 unspecified atom stereocenters. The summed E-state index contributed by atoms with van der Waals surface area (Å²) in [7, 11) is 0. The smallest absolute Gasteiger partial charge is 0.142 e. The summed E-state index contributed by atoms with van der Waals surface area (Å²) in [4.78, 5) is 4.08. The van der Waals surface area contributed by atoms with Gasteiger partial charge in [-0.05, 0) is 25.1 Å². The van der Waals surface area contributed by atoms with E-state index in [2.05, 4.69) is 4.98 Å². The van der Waals surface area contributed by atoms with Gasteiger partial charge in [0.25, 0.3) is 0 Å². The van der Waals surface area contributed by atoms with E-state index in [9.17, 15) is 0 Å². The Bertz CT molecular complexity index is 549. The third-order valence-electron chi connectivity index (χ3n) is 2.56. The van der Waals surface area contributed by atoms with Gasteiger partial charge in [0.15, 0.2) is 0 Å². The molecule has 92 valence electrons. The molecule has 0 saturated carbocycles. The van der Waals surface area contributed by atoms with Crippen molar-refractivity contribution >= 4 is 5.84 Å². The Balaban J connectivity index is 2.10. The molecule has 0 spiro atoms. The van der Waals surface area contributed by atoms with Crippen molar-refractivity contribution in [3.8, 4) is 5.75 Å². The fourth-order valence-electron chi connectivity index (χ4n) is 1.59. The molecular weight excluding hydrogens is 226 g/mol. The molecule has 2 aromatic rings. The van der Waals surface area contributed by atoms with Crippen molar-refractivity contribution in [1.82, 2.24) is 4.98 Å². The molecule has 0 saturated heterocycles. The first-order chi connectivity index (χ1) is 8.66. The monoisotopic (exact) mass is 241 g/mol. The average molecular weight is 241 g/mol. The van der Waals surface area contributed by atoms with E-state index in [1.165, 1.54) is 5.56 Å². The molecule has 0 radical (unpaired) electrons. The first kappa shape index (κ1) is 12.1. The summed E-state index contributed by atoms with van der Waals surface area (Å²) in [5, 5.41) is 7.45. The van der Waals surface area contributed by atoms with Crippen molar-refractivity contribution in [3.63, 3.8) is 0 Å². The van der Waals surface area contributed by atoms with Gasteiger partial charge in [-0.25, -0.2) is 0 Å². The lowest BCUT2D eigenvalue weighted by Gasteiger charge is -2.09. The van der Waals surface area contributed by atoms with Crippen molar-refractivity contribution in [1.29, 1.82) is 5.41 Å². The summed E-state index contributed by atoms with van der Waals surface area (Å²) in [6.45, 7) is 2.38. The van der Waals surface area contributed by atoms with Gasteiger partial charge in [0.1, 0.15) is 23.9 Å². The zero-order valence-corrected chi connectivity index (χ0v) is 10.2. The van der Waals surface area contributed by atoms with Crippen molar-refractivity contribution < 1.29 is 4.74 Å². The van der Waals surface area contributed by atoms with Crippen LogP contribution in [0.4, 0.5) is 0 Å². The summed E-state index contributed by atoms with van der Waals surface area (Å²) in [5.41, 5.74) is 7.94. The highest BCUT2D eigenvalue weighted by atomic mass is 16.5. The number of benzene rings is 1. The van der Waals surface area contributed by atoms with E-state index in [1.54, 1.807) is 12.3 Å². The predicted octanol–water partition coefficient (Wildman–Crippen LogP) is 2.25. The van der Waals surface area contributed by atoms with Gasteiger partial charge in [0.05, 0.1) is 0 Å². The molecule has 0 aliphatic heterocycles. The number of amidine groups is 1. The number of nitrogens with zero attached hydrogens (tertiary/aromatic N) is 1. The average Bonchev–Trinajstić information content (AvgIpc) is 2.38. The summed E-state index contributed by atoms with van der Waals surface area (Å²) in [6.07, 6.45) is 1.62. The summed E-state index contributed by atoms with van der Waals surface area (Å²) < 4.78 is 5.65. The summed E-state index contributed by atoms with van der Waals surface area (Å²) in [6, 6.07) is 11.5. The van der Waals surface area contributed by atoms with E-state index in [-0.39, 0.29) is 5.84 Å². The maximum Gasteiger partial charge on any atom is 0.142 e. The number of nitrogens with one attached hydrogen (secondary N) is 1. The molecule has 0 fully saturated rings. The number of hydrogen-bond donors (Lipinski definition) is 2. The van der Waals surface area contributed by atoms with Gasteiger partial charge in [-0.3, -0.25) is 10.4 Å². The third-order valence-corrected chi connectivity index (χ3v) is 2.56. The number of aryl methyl sites for hydroxylation is 1. The van der Waals surface area contributed by atoms with E-state index in [0.717, 1.165) is 11.3 Å². The van der Waals surface area contributed by atoms with Gasteiger partial charge >= 0.3 is 0 Å². The molecule has 3 N–H and O–H groups in total. The molecule has 0 bridgehead atoms. The van der Waals surface area contributed by atoms with Crippen LogP contribution in [0.1, 0.15) is 16.8 Å². The molecule has 4 nitrogen and oxygen atoms in total. The second-order valence-corrected chi connectivity index (χ2v) is 4.03. The number of aromatic nitrogens is 1. The van der Waals surface area contributed by atoms with Gasteiger partial charge in [-0.2, -0.15) is 0 Å². The molecule has 0 amide bonds. The molecule has 1 aromatic heterocycles. The SMILES string of the molecule is Cc1ccc(OCc2cccnc2C(=N)N)cc1. The highest BCUT2D eigenvalue weighted by Gasteiger charge is 2.06. The quantitative estimate of drug-likeness (QED) is 0.637. The molecular formula is C14H15N3O. The number of rotatable bonds is 4. The van der Waals surface area contributed by atoms with Crippen LogP contribution in [0.5, 0.6) is 5.75 Å². The Morgan fingerprint density at radius 1 is 1.28 bits per heavy atom. The van der Waals surface area contributed by atoms with Crippen molar-refractivity contribution in [3.05, 3.63) is 59.4 Å². The first-order valence-corrected chi connectivity index (χ1v) is 5.64. The van der Waals surface area contributed by atoms with Crippen molar-refractivity contribution in [2.75, 3.05) is 0 Å². The zero-order chi connectivity index (χ0) is 13.0. The van der Waals surface area contributed by atoms with Crippen LogP contribution in [0.25, 0.3) is 0 Å². The molecule has 1 aromatic carbocycles. The van der Waals surface area contributed by atoms with Crippen molar-refractivity contribution in [2.45, 2.75) is 13.5 Å². The van der Waals surface area contributed by atoms with E-state index >= 15 is 0 Å². The van der Waals surface area contributed by atoms with Crippen LogP contribution in [-0.4, -0.2) is 10.8 Å². The van der Waals surface area contributed by atoms with E-state index < -0.39 is 0 Å². The maximum atomic E-state index is 7.45. The Labute approximate surface area is 106 Å². The van der Waals surface area contributed by atoms with Gasteiger partial charge in [-0.1, -0.05) is 23.8 Å². The fraction of sp³-hybridized carbons (Fsp3) is 0.143. The third kappa shape index (κ3) is 2.85. The standard InChI is InChI=1S/C14H15N3O/c1-10-4-6-12(7-5-10)18-9-11-3-2-8-17-13(11)14(15)16/h2-8H,9H2,1H3,(H3,15,16). The van der Waals surface area contributed by atoms with Crippen LogP contribution >= 0.6 is 0 Å². The highest BCUT2D eigenvalue weighted by molar-refractivity contribution is 5.94. The van der Waals surface area contributed by atoms with E-state index in [0.29, 0.717) is 12.3 Å². The van der Waals surface area contributed by atoms with Crippen LogP contribution in [0, 0.1) is 12.3 Å². The highest BCUT2D eigenvalue weighted by Crippen LogP contribution is 2.14. The number of nitrogens with two attached hydrogens (primary N) is 1. The fourth-order valence-corrected chi connectivity index (χ4v) is 1.59. The maximum absolute atomic E-state index is 7.45. The first-order valence-electron chi connectivity index (χ1n) is 5.64. The minimum atomic E-state index is -0.0434. The number of nitrogen functional groups attached to an aromatic ring is 1. The van der Waals surface area contributed by atoms with Crippen LogP contribution in [0.2, 0.25) is 0 Å². The molecule has 18 heavy (non-hydrogen) atoms. The minimum absolute atomic E-state index is 0.0434. The normalized spacial score (nSPS) is 10.1. The topological polar surface area (TPSA) is 72.0 Å². The van der Waals surface area contributed by atoms with Crippen molar-refractivity contribution in [2.24, 2.45) is 5.73 Å². The summed E-state index contributed by atoms with van der Waals surface area (Å²) >= 11 is 0. The number of ether oxygens (including phenoxy) is 1. The Morgan fingerprint density at radius 2 is 2.00 bits per heavy atom. The van der Waals surface area contributed by atoms with Crippen LogP contribution in [0.15, 0.2) is 42.6 Å². The Hall–Kier alpha value is -2.36. The number of pyridine rings is 1. The van der Waals surface area contributed by atoms with E-state index in [4.69, 9.17) is 15.9 Å². The second kappa shape index (κ2) is 5.31. The van der Waals surface area contributed by atoms with Gasteiger partial charge in [0.2, 0.25) is 0 Å².